The van der Waals surface area contributed by atoms with Gasteiger partial charge in [0.2, 0.25) is 0 Å². The van der Waals surface area contributed by atoms with Crippen LogP contribution in [-0.4, -0.2) is 42.3 Å². The second kappa shape index (κ2) is 4.26. The fourth-order valence-electron chi connectivity index (χ4n) is 1.91. The number of nitrogens with zero attached hydrogens (tertiary/aromatic N) is 2. The zero-order valence-corrected chi connectivity index (χ0v) is 9.16. The molecule has 0 aromatic carbocycles. The van der Waals surface area contributed by atoms with Crippen molar-refractivity contribution in [3.05, 3.63) is 0 Å². The van der Waals surface area contributed by atoms with Gasteiger partial charge in [-0.05, 0) is 20.8 Å². The third kappa shape index (κ3) is 3.26. The number of nitriles is 1. The molecule has 4 heteroatoms. The van der Waals surface area contributed by atoms with Crippen LogP contribution in [0, 0.1) is 11.3 Å². The maximum atomic E-state index is 8.82. The van der Waals surface area contributed by atoms with Crippen molar-refractivity contribution in [1.29, 1.82) is 5.26 Å². The highest BCUT2D eigenvalue weighted by Gasteiger charge is 2.27. The minimum Gasteiger partial charge on any atom is -0.373 e. The molecule has 0 aromatic heterocycles. The number of rotatable bonds is 2. The van der Waals surface area contributed by atoms with Crippen molar-refractivity contribution < 1.29 is 4.74 Å². The Hall–Kier alpha value is -0.630. The lowest BCUT2D eigenvalue weighted by Crippen LogP contribution is -2.53. The van der Waals surface area contributed by atoms with Gasteiger partial charge < -0.3 is 10.5 Å². The van der Waals surface area contributed by atoms with Gasteiger partial charge in [-0.3, -0.25) is 4.90 Å². The van der Waals surface area contributed by atoms with Crippen LogP contribution in [0.4, 0.5) is 0 Å². The first-order chi connectivity index (χ1) is 6.43. The molecule has 1 aliphatic rings. The monoisotopic (exact) mass is 197 g/mol. The fourth-order valence-corrected chi connectivity index (χ4v) is 1.91. The number of hydrogen-bond donors (Lipinski definition) is 1. The molecule has 0 bridgehead atoms. The van der Waals surface area contributed by atoms with Crippen molar-refractivity contribution in [2.75, 3.05) is 19.6 Å². The fraction of sp³-hybridized carbons (Fsp3) is 0.900. The number of nitrogens with two attached hydrogens (primary N) is 1. The van der Waals surface area contributed by atoms with E-state index in [1.54, 1.807) is 6.92 Å². The summed E-state index contributed by atoms with van der Waals surface area (Å²) < 4.78 is 5.60. The smallest absolute Gasteiger partial charge is 0.114 e. The van der Waals surface area contributed by atoms with Gasteiger partial charge in [0.25, 0.3) is 0 Å². The summed E-state index contributed by atoms with van der Waals surface area (Å²) in [5.74, 6) is 0. The molecule has 1 rings (SSSR count). The molecule has 3 unspecified atom stereocenters. The van der Waals surface area contributed by atoms with Crippen molar-refractivity contribution in [1.82, 2.24) is 4.90 Å². The van der Waals surface area contributed by atoms with E-state index < -0.39 is 5.54 Å². The molecular weight excluding hydrogens is 178 g/mol. The number of hydrogen-bond acceptors (Lipinski definition) is 4. The molecular formula is C10H19N3O. The van der Waals surface area contributed by atoms with E-state index in [9.17, 15) is 0 Å². The summed E-state index contributed by atoms with van der Waals surface area (Å²) in [6, 6.07) is 2.11. The standard InChI is InChI=1S/C10H19N3O/c1-8-4-13(5-9(2)14-8)7-10(3,12)6-11/h8-9H,4-5,7,12H2,1-3H3. The minimum absolute atomic E-state index is 0.230. The van der Waals surface area contributed by atoms with Crippen LogP contribution in [0.5, 0.6) is 0 Å². The third-order valence-corrected chi connectivity index (χ3v) is 2.30. The molecule has 80 valence electrons. The van der Waals surface area contributed by atoms with Gasteiger partial charge in [-0.2, -0.15) is 5.26 Å². The molecule has 0 aromatic rings. The van der Waals surface area contributed by atoms with Gasteiger partial charge in [-0.1, -0.05) is 0 Å². The zero-order valence-electron chi connectivity index (χ0n) is 9.16. The highest BCUT2D eigenvalue weighted by atomic mass is 16.5. The lowest BCUT2D eigenvalue weighted by Gasteiger charge is -2.37. The van der Waals surface area contributed by atoms with Crippen LogP contribution < -0.4 is 5.73 Å². The van der Waals surface area contributed by atoms with E-state index in [-0.39, 0.29) is 12.2 Å². The molecule has 14 heavy (non-hydrogen) atoms. The Morgan fingerprint density at radius 3 is 2.43 bits per heavy atom. The van der Waals surface area contributed by atoms with Crippen molar-refractivity contribution in [2.45, 2.75) is 38.5 Å². The predicted molar refractivity (Wildman–Crippen MR) is 54.7 cm³/mol. The highest BCUT2D eigenvalue weighted by molar-refractivity contribution is 5.03. The van der Waals surface area contributed by atoms with E-state index in [0.717, 1.165) is 13.1 Å². The molecule has 1 saturated heterocycles. The Bertz CT molecular complexity index is 224. The van der Waals surface area contributed by atoms with Crippen LogP contribution in [0.15, 0.2) is 0 Å². The Morgan fingerprint density at radius 1 is 1.50 bits per heavy atom. The Kier molecular flexibility index (Phi) is 3.48. The third-order valence-electron chi connectivity index (χ3n) is 2.30. The Labute approximate surface area is 85.6 Å². The van der Waals surface area contributed by atoms with Crippen LogP contribution in [0.25, 0.3) is 0 Å². The molecule has 1 heterocycles. The molecule has 0 saturated carbocycles. The summed E-state index contributed by atoms with van der Waals surface area (Å²) in [6.07, 6.45) is 0.460. The zero-order chi connectivity index (χ0) is 10.8. The first kappa shape index (κ1) is 11.4. The first-order valence-corrected chi connectivity index (χ1v) is 5.01. The highest BCUT2D eigenvalue weighted by Crippen LogP contribution is 2.12. The van der Waals surface area contributed by atoms with E-state index in [4.69, 9.17) is 15.7 Å². The van der Waals surface area contributed by atoms with Gasteiger partial charge >= 0.3 is 0 Å². The summed E-state index contributed by atoms with van der Waals surface area (Å²) in [7, 11) is 0. The van der Waals surface area contributed by atoms with Crippen LogP contribution in [-0.2, 0) is 4.74 Å². The average Bonchev–Trinajstić information content (AvgIpc) is 2.01. The van der Waals surface area contributed by atoms with Crippen LogP contribution in [0.1, 0.15) is 20.8 Å². The average molecular weight is 197 g/mol. The lowest BCUT2D eigenvalue weighted by atomic mass is 10.0. The summed E-state index contributed by atoms with van der Waals surface area (Å²) in [4.78, 5) is 2.20. The van der Waals surface area contributed by atoms with Gasteiger partial charge in [0.15, 0.2) is 0 Å². The van der Waals surface area contributed by atoms with Crippen molar-refractivity contribution >= 4 is 0 Å². The van der Waals surface area contributed by atoms with Crippen LogP contribution in [0.2, 0.25) is 0 Å². The van der Waals surface area contributed by atoms with Gasteiger partial charge in [0.1, 0.15) is 5.54 Å². The van der Waals surface area contributed by atoms with Gasteiger partial charge in [0.05, 0.1) is 18.3 Å². The van der Waals surface area contributed by atoms with Crippen molar-refractivity contribution in [3.8, 4) is 6.07 Å². The van der Waals surface area contributed by atoms with Crippen LogP contribution >= 0.6 is 0 Å². The molecule has 2 N–H and O–H groups in total. The van der Waals surface area contributed by atoms with Gasteiger partial charge in [0, 0.05) is 19.6 Å². The van der Waals surface area contributed by atoms with Crippen LogP contribution in [0.3, 0.4) is 0 Å². The summed E-state index contributed by atoms with van der Waals surface area (Å²) in [6.45, 7) is 8.18. The van der Waals surface area contributed by atoms with Gasteiger partial charge in [-0.15, -0.1) is 0 Å². The largest absolute Gasteiger partial charge is 0.373 e. The SMILES string of the molecule is CC1CN(CC(C)(N)C#N)CC(C)O1. The van der Waals surface area contributed by atoms with E-state index in [1.165, 1.54) is 0 Å². The maximum Gasteiger partial charge on any atom is 0.114 e. The quantitative estimate of drug-likeness (QED) is 0.693. The molecule has 1 fully saturated rings. The summed E-state index contributed by atoms with van der Waals surface area (Å²) >= 11 is 0. The van der Waals surface area contributed by atoms with E-state index in [0.29, 0.717) is 6.54 Å². The van der Waals surface area contributed by atoms with E-state index in [2.05, 4.69) is 11.0 Å². The van der Waals surface area contributed by atoms with E-state index >= 15 is 0 Å². The second-order valence-corrected chi connectivity index (χ2v) is 4.48. The molecule has 0 amide bonds. The molecule has 4 nitrogen and oxygen atoms in total. The molecule has 3 atom stereocenters. The topological polar surface area (TPSA) is 62.3 Å². The Morgan fingerprint density at radius 2 is 2.00 bits per heavy atom. The van der Waals surface area contributed by atoms with Crippen molar-refractivity contribution in [2.24, 2.45) is 5.73 Å². The molecule has 1 aliphatic heterocycles. The summed E-state index contributed by atoms with van der Waals surface area (Å²) in [5, 5.41) is 8.82. The first-order valence-electron chi connectivity index (χ1n) is 5.01. The maximum absolute atomic E-state index is 8.82. The molecule has 0 spiro atoms. The number of morpholine rings is 1. The number of ether oxygens (including phenoxy) is 1. The second-order valence-electron chi connectivity index (χ2n) is 4.48. The predicted octanol–water partition coefficient (Wildman–Crippen LogP) is 0.337. The molecule has 0 radical (unpaired) electrons. The van der Waals surface area contributed by atoms with E-state index in [1.807, 2.05) is 13.8 Å². The Balaban J connectivity index is 2.49. The normalized spacial score (nSPS) is 33.4. The summed E-state index contributed by atoms with van der Waals surface area (Å²) in [5.41, 5.74) is 5.04. The van der Waals surface area contributed by atoms with Gasteiger partial charge in [-0.25, -0.2) is 0 Å². The lowest BCUT2D eigenvalue weighted by molar-refractivity contribution is -0.0704. The minimum atomic E-state index is -0.753. The molecule has 0 aliphatic carbocycles. The van der Waals surface area contributed by atoms with Crippen molar-refractivity contribution in [3.63, 3.8) is 0 Å².